The molecule has 3 rings (SSSR count). The summed E-state index contributed by atoms with van der Waals surface area (Å²) in [5.41, 5.74) is 0.474. The van der Waals surface area contributed by atoms with Crippen LogP contribution >= 0.6 is 23.2 Å². The maximum Gasteiger partial charge on any atom is 0.221 e. The molecule has 1 fully saturated rings. The van der Waals surface area contributed by atoms with E-state index < -0.39 is 6.10 Å². The number of nitrogens with one attached hydrogen (secondary N) is 1. The molecule has 8 heteroatoms. The zero-order valence-electron chi connectivity index (χ0n) is 16.1. The lowest BCUT2D eigenvalue weighted by Crippen LogP contribution is -2.41. The third-order valence-electron chi connectivity index (χ3n) is 4.52. The van der Waals surface area contributed by atoms with Crippen LogP contribution < -0.4 is 14.8 Å². The summed E-state index contributed by atoms with van der Waals surface area (Å²) in [5, 5.41) is 14.3. The second-order valence-corrected chi connectivity index (χ2v) is 7.82. The van der Waals surface area contributed by atoms with Crippen LogP contribution in [-0.4, -0.2) is 47.9 Å². The zero-order chi connectivity index (χ0) is 20.8. The number of hydrogen-bond acceptors (Lipinski definition) is 5. The predicted octanol–water partition coefficient (Wildman–Crippen LogP) is 4.19. The fraction of sp³-hybridized carbons (Fsp3) is 0.381. The Bertz CT molecular complexity index is 832. The van der Waals surface area contributed by atoms with E-state index >= 15 is 0 Å². The van der Waals surface area contributed by atoms with Gasteiger partial charge in [0.25, 0.3) is 0 Å². The molecule has 6 nitrogen and oxygen atoms in total. The Morgan fingerprint density at radius 3 is 2.69 bits per heavy atom. The molecule has 2 aromatic rings. The number of benzene rings is 2. The molecule has 0 saturated carbocycles. The lowest BCUT2D eigenvalue weighted by atomic mass is 10.3. The fourth-order valence-corrected chi connectivity index (χ4v) is 3.53. The number of ether oxygens (including phenoxy) is 2. The van der Waals surface area contributed by atoms with Gasteiger partial charge in [0.15, 0.2) is 6.23 Å². The van der Waals surface area contributed by atoms with Crippen LogP contribution in [0.4, 0.5) is 5.69 Å². The number of nitrogens with zero attached hydrogens (tertiary/aromatic N) is 1. The first-order chi connectivity index (χ1) is 13.9. The molecule has 1 amide bonds. The van der Waals surface area contributed by atoms with E-state index in [1.54, 1.807) is 30.3 Å². The first kappa shape index (κ1) is 21.7. The summed E-state index contributed by atoms with van der Waals surface area (Å²) in [6, 6.07) is 12.2. The molecule has 2 unspecified atom stereocenters. The van der Waals surface area contributed by atoms with Gasteiger partial charge in [-0.15, -0.1) is 0 Å². The van der Waals surface area contributed by atoms with Crippen molar-refractivity contribution in [2.75, 3.05) is 25.0 Å². The number of carbonyl (C=O) groups excluding carboxylic acids is 1. The molecule has 1 heterocycles. The van der Waals surface area contributed by atoms with Crippen LogP contribution in [0.2, 0.25) is 10.0 Å². The molecule has 1 aliphatic rings. The molecule has 2 aromatic carbocycles. The molecule has 2 atom stereocenters. The van der Waals surface area contributed by atoms with Crippen LogP contribution in [0.15, 0.2) is 42.5 Å². The van der Waals surface area contributed by atoms with Crippen molar-refractivity contribution in [2.45, 2.75) is 32.1 Å². The quantitative estimate of drug-likeness (QED) is 0.646. The monoisotopic (exact) mass is 438 g/mol. The topological polar surface area (TPSA) is 71.0 Å². The zero-order valence-corrected chi connectivity index (χ0v) is 17.6. The number of β-amino-alcohol motifs (C(OH)–C–C–N with tert-alkyl or cyclic N) is 1. The molecule has 1 saturated heterocycles. The van der Waals surface area contributed by atoms with E-state index in [2.05, 4.69) is 10.2 Å². The molecule has 0 bridgehead atoms. The molecule has 2 N–H and O–H groups in total. The number of carbonyl (C=O) groups is 1. The Hall–Kier alpha value is -1.99. The van der Waals surface area contributed by atoms with Crippen LogP contribution in [-0.2, 0) is 4.79 Å². The molecule has 1 aliphatic heterocycles. The van der Waals surface area contributed by atoms with E-state index in [1.165, 1.54) is 6.92 Å². The van der Waals surface area contributed by atoms with Crippen molar-refractivity contribution in [3.63, 3.8) is 0 Å². The Labute approximate surface area is 180 Å². The fourth-order valence-electron chi connectivity index (χ4n) is 3.23. The van der Waals surface area contributed by atoms with Gasteiger partial charge in [-0.1, -0.05) is 23.2 Å². The highest BCUT2D eigenvalue weighted by Crippen LogP contribution is 2.28. The van der Waals surface area contributed by atoms with Crippen molar-refractivity contribution >= 4 is 34.8 Å². The number of aliphatic hydroxyl groups excluding tert-OH is 1. The van der Waals surface area contributed by atoms with Crippen molar-refractivity contribution in [2.24, 2.45) is 0 Å². The van der Waals surface area contributed by atoms with Crippen LogP contribution in [0.1, 0.15) is 19.8 Å². The minimum atomic E-state index is -0.717. The van der Waals surface area contributed by atoms with E-state index in [0.717, 1.165) is 25.1 Å². The van der Waals surface area contributed by atoms with Crippen molar-refractivity contribution in [1.82, 2.24) is 4.90 Å². The van der Waals surface area contributed by atoms with Gasteiger partial charge in [-0.3, -0.25) is 9.69 Å². The van der Waals surface area contributed by atoms with E-state index in [1.807, 2.05) is 12.1 Å². The third kappa shape index (κ3) is 6.51. The Morgan fingerprint density at radius 2 is 1.97 bits per heavy atom. The number of likely N-dealkylation sites (tertiary alicyclic amines) is 1. The van der Waals surface area contributed by atoms with Gasteiger partial charge in [0.05, 0.1) is 5.69 Å². The summed E-state index contributed by atoms with van der Waals surface area (Å²) in [4.78, 5) is 13.5. The van der Waals surface area contributed by atoms with Crippen LogP contribution in [0.3, 0.4) is 0 Å². The van der Waals surface area contributed by atoms with E-state index in [-0.39, 0.29) is 18.7 Å². The Balaban J connectivity index is 1.54. The Morgan fingerprint density at radius 1 is 1.24 bits per heavy atom. The molecular formula is C21H24Cl2N2O4. The summed E-state index contributed by atoms with van der Waals surface area (Å²) in [5.74, 6) is 0.981. The average Bonchev–Trinajstić information content (AvgIpc) is 3.09. The van der Waals surface area contributed by atoms with Gasteiger partial charge >= 0.3 is 0 Å². The van der Waals surface area contributed by atoms with Crippen molar-refractivity contribution in [3.05, 3.63) is 52.5 Å². The summed E-state index contributed by atoms with van der Waals surface area (Å²) < 4.78 is 11.8. The maximum atomic E-state index is 11.4. The summed E-state index contributed by atoms with van der Waals surface area (Å²) in [7, 11) is 0. The lowest BCUT2D eigenvalue weighted by Gasteiger charge is -2.27. The van der Waals surface area contributed by atoms with Gasteiger partial charge in [-0.25, -0.2) is 0 Å². The van der Waals surface area contributed by atoms with Crippen LogP contribution in [0.25, 0.3) is 0 Å². The number of aliphatic hydroxyl groups is 1. The van der Waals surface area contributed by atoms with Crippen molar-refractivity contribution in [3.8, 4) is 11.5 Å². The second kappa shape index (κ2) is 10.2. The smallest absolute Gasteiger partial charge is 0.221 e. The van der Waals surface area contributed by atoms with Gasteiger partial charge in [0.1, 0.15) is 24.2 Å². The maximum absolute atomic E-state index is 11.4. The first-order valence-electron chi connectivity index (χ1n) is 9.45. The number of halogens is 2. The SMILES string of the molecule is CC(=O)Nc1cc(Cl)ccc1OCC(O)CN1CCCC1Oc1ccc(Cl)cc1. The normalized spacial score (nSPS) is 17.7. The highest BCUT2D eigenvalue weighted by atomic mass is 35.5. The largest absolute Gasteiger partial charge is 0.489 e. The standard InChI is InChI=1S/C21H24Cl2N2O4/c1-14(26)24-19-11-16(23)6-9-20(19)28-13-17(27)12-25-10-2-3-21(25)29-18-7-4-15(22)5-8-18/h4-9,11,17,21,27H,2-3,10,12-13H2,1H3,(H,24,26). The molecular weight excluding hydrogens is 415 g/mol. The minimum absolute atomic E-state index is 0.0817. The van der Waals surface area contributed by atoms with Crippen LogP contribution in [0.5, 0.6) is 11.5 Å². The van der Waals surface area contributed by atoms with Gasteiger partial charge in [-0.05, 0) is 55.3 Å². The third-order valence-corrected chi connectivity index (χ3v) is 5.01. The summed E-state index contributed by atoms with van der Waals surface area (Å²) in [6.45, 7) is 2.75. The van der Waals surface area contributed by atoms with Crippen molar-refractivity contribution < 1.29 is 19.4 Å². The summed E-state index contributed by atoms with van der Waals surface area (Å²) >= 11 is 11.9. The first-order valence-corrected chi connectivity index (χ1v) is 10.2. The van der Waals surface area contributed by atoms with Gasteiger partial charge in [-0.2, -0.15) is 0 Å². The van der Waals surface area contributed by atoms with Crippen LogP contribution in [0, 0.1) is 0 Å². The molecule has 156 valence electrons. The number of anilines is 1. The lowest BCUT2D eigenvalue weighted by molar-refractivity contribution is -0.114. The average molecular weight is 439 g/mol. The molecule has 0 aromatic heterocycles. The van der Waals surface area contributed by atoms with Gasteiger partial charge in [0, 0.05) is 30.1 Å². The predicted molar refractivity (Wildman–Crippen MR) is 114 cm³/mol. The highest BCUT2D eigenvalue weighted by Gasteiger charge is 2.28. The number of amides is 1. The second-order valence-electron chi connectivity index (χ2n) is 6.95. The van der Waals surface area contributed by atoms with E-state index in [0.29, 0.717) is 28.0 Å². The molecule has 0 spiro atoms. The van der Waals surface area contributed by atoms with E-state index in [9.17, 15) is 9.90 Å². The number of hydrogen-bond donors (Lipinski definition) is 2. The molecule has 0 aliphatic carbocycles. The molecule has 29 heavy (non-hydrogen) atoms. The molecule has 0 radical (unpaired) electrons. The number of rotatable bonds is 8. The van der Waals surface area contributed by atoms with E-state index in [4.69, 9.17) is 32.7 Å². The van der Waals surface area contributed by atoms with Gasteiger partial charge < -0.3 is 19.9 Å². The van der Waals surface area contributed by atoms with Gasteiger partial charge in [0.2, 0.25) is 5.91 Å². The summed E-state index contributed by atoms with van der Waals surface area (Å²) in [6.07, 6.45) is 1.07. The Kier molecular flexibility index (Phi) is 7.61. The minimum Gasteiger partial charge on any atom is -0.489 e. The highest BCUT2D eigenvalue weighted by molar-refractivity contribution is 6.31. The van der Waals surface area contributed by atoms with Crippen molar-refractivity contribution in [1.29, 1.82) is 0 Å².